The lowest BCUT2D eigenvalue weighted by Gasteiger charge is -2.33. The highest BCUT2D eigenvalue weighted by atomic mass is 16.3. The third-order valence-corrected chi connectivity index (χ3v) is 5.60. The highest BCUT2D eigenvalue weighted by Crippen LogP contribution is 2.39. The normalized spacial score (nSPS) is 12.6. The van der Waals surface area contributed by atoms with Crippen molar-refractivity contribution in [1.82, 2.24) is 0 Å². The van der Waals surface area contributed by atoms with Crippen molar-refractivity contribution in [3.63, 3.8) is 0 Å². The van der Waals surface area contributed by atoms with Gasteiger partial charge in [-0.2, -0.15) is 0 Å². The Morgan fingerprint density at radius 2 is 1.15 bits per heavy atom. The lowest BCUT2D eigenvalue weighted by molar-refractivity contribution is 0.283. The molecule has 1 radical (unpaired) electrons. The van der Waals surface area contributed by atoms with Crippen LogP contribution in [0.1, 0.15) is 123 Å². The molecule has 27 heavy (non-hydrogen) atoms. The maximum atomic E-state index is 13.1. The summed E-state index contributed by atoms with van der Waals surface area (Å²) in [4.78, 5) is 0. The van der Waals surface area contributed by atoms with Gasteiger partial charge in [-0.1, -0.05) is 99.1 Å². The fourth-order valence-electron chi connectivity index (χ4n) is 4.43. The standard InChI is InChI=1S/C26H45O/c1-8-10-12-14-16-21-18-23(26(6,7)20-25(3,4)5)19-22(24(21)27)17-15-13-11-9-2/h18-19H,8-17,20H2,1-7H3. The first-order chi connectivity index (χ1) is 12.6. The molecule has 0 aliphatic carbocycles. The summed E-state index contributed by atoms with van der Waals surface area (Å²) in [7, 11) is 0. The highest BCUT2D eigenvalue weighted by molar-refractivity contribution is 5.46. The molecule has 0 bridgehead atoms. The van der Waals surface area contributed by atoms with Crippen LogP contribution in [-0.2, 0) is 23.4 Å². The van der Waals surface area contributed by atoms with Crippen LogP contribution in [0.25, 0.3) is 0 Å². The van der Waals surface area contributed by atoms with Crippen molar-refractivity contribution in [2.75, 3.05) is 0 Å². The van der Waals surface area contributed by atoms with Gasteiger partial charge in [0.25, 0.3) is 0 Å². The Labute approximate surface area is 170 Å². The molecule has 0 heterocycles. The van der Waals surface area contributed by atoms with E-state index in [1.54, 1.807) is 0 Å². The second kappa shape index (κ2) is 11.1. The van der Waals surface area contributed by atoms with Gasteiger partial charge >= 0.3 is 0 Å². The third kappa shape index (κ3) is 8.71. The predicted molar refractivity (Wildman–Crippen MR) is 119 cm³/mol. The summed E-state index contributed by atoms with van der Waals surface area (Å²) < 4.78 is 0. The van der Waals surface area contributed by atoms with Gasteiger partial charge < -0.3 is 0 Å². The van der Waals surface area contributed by atoms with Crippen LogP contribution in [0.5, 0.6) is 5.75 Å². The van der Waals surface area contributed by atoms with E-state index in [1.807, 2.05) is 0 Å². The summed E-state index contributed by atoms with van der Waals surface area (Å²) >= 11 is 0. The summed E-state index contributed by atoms with van der Waals surface area (Å²) in [5.74, 6) is 0.332. The van der Waals surface area contributed by atoms with Gasteiger partial charge in [-0.3, -0.25) is 5.11 Å². The number of rotatable bonds is 12. The van der Waals surface area contributed by atoms with Crippen LogP contribution in [0.2, 0.25) is 0 Å². The van der Waals surface area contributed by atoms with E-state index < -0.39 is 0 Å². The Bertz CT molecular complexity index is 515. The molecule has 1 rings (SSSR count). The van der Waals surface area contributed by atoms with Crippen molar-refractivity contribution in [1.29, 1.82) is 0 Å². The van der Waals surface area contributed by atoms with Crippen LogP contribution in [0.15, 0.2) is 12.1 Å². The molecule has 0 unspecified atom stereocenters. The summed E-state index contributed by atoms with van der Waals surface area (Å²) in [5, 5.41) is 13.1. The first-order valence-electron chi connectivity index (χ1n) is 11.4. The minimum Gasteiger partial charge on any atom is -0.289 e. The molecular formula is C26H45O. The van der Waals surface area contributed by atoms with Crippen LogP contribution in [0.3, 0.4) is 0 Å². The molecule has 0 spiro atoms. The fourth-order valence-corrected chi connectivity index (χ4v) is 4.43. The lowest BCUT2D eigenvalue weighted by Crippen LogP contribution is -2.25. The number of benzene rings is 1. The molecule has 1 aromatic rings. The Balaban J connectivity index is 3.09. The van der Waals surface area contributed by atoms with Crippen molar-refractivity contribution >= 4 is 0 Å². The second-order valence-electron chi connectivity index (χ2n) is 10.4. The molecule has 0 amide bonds. The molecule has 0 aromatic heterocycles. The molecule has 0 aliphatic rings. The van der Waals surface area contributed by atoms with Crippen LogP contribution in [0, 0.1) is 5.41 Å². The number of unbranched alkanes of at least 4 members (excludes halogenated alkanes) is 6. The highest BCUT2D eigenvalue weighted by Gasteiger charge is 2.29. The molecule has 0 atom stereocenters. The van der Waals surface area contributed by atoms with Gasteiger partial charge in [0.1, 0.15) is 0 Å². The monoisotopic (exact) mass is 373 g/mol. The van der Waals surface area contributed by atoms with Gasteiger partial charge in [0, 0.05) is 11.1 Å². The van der Waals surface area contributed by atoms with E-state index >= 15 is 0 Å². The van der Waals surface area contributed by atoms with Crippen LogP contribution >= 0.6 is 0 Å². The topological polar surface area (TPSA) is 19.9 Å². The summed E-state index contributed by atoms with van der Waals surface area (Å²) in [6, 6.07) is 4.49. The Morgan fingerprint density at radius 1 is 0.704 bits per heavy atom. The van der Waals surface area contributed by atoms with Crippen LogP contribution in [-0.4, -0.2) is 0 Å². The Morgan fingerprint density at radius 3 is 1.52 bits per heavy atom. The van der Waals surface area contributed by atoms with E-state index in [2.05, 4.69) is 60.6 Å². The summed E-state index contributed by atoms with van der Waals surface area (Å²) in [6.07, 6.45) is 12.8. The minimum atomic E-state index is 0.0995. The van der Waals surface area contributed by atoms with Crippen molar-refractivity contribution in [3.8, 4) is 5.75 Å². The van der Waals surface area contributed by atoms with E-state index in [1.165, 1.54) is 44.1 Å². The average molecular weight is 374 g/mol. The first-order valence-corrected chi connectivity index (χ1v) is 11.4. The van der Waals surface area contributed by atoms with E-state index in [0.717, 1.165) is 43.2 Å². The number of aryl methyl sites for hydroxylation is 2. The molecule has 1 heteroatoms. The van der Waals surface area contributed by atoms with Gasteiger partial charge in [0.05, 0.1) is 0 Å². The van der Waals surface area contributed by atoms with Crippen LogP contribution < -0.4 is 0 Å². The van der Waals surface area contributed by atoms with Gasteiger partial charge in [-0.25, -0.2) is 0 Å². The largest absolute Gasteiger partial charge is 0.289 e. The quantitative estimate of drug-likeness (QED) is 0.326. The molecule has 1 nitrogen and oxygen atoms in total. The zero-order valence-electron chi connectivity index (χ0n) is 19.3. The first kappa shape index (κ1) is 24.1. The Kier molecular flexibility index (Phi) is 9.91. The molecule has 0 saturated carbocycles. The molecule has 1 aromatic carbocycles. The van der Waals surface area contributed by atoms with Crippen molar-refractivity contribution < 1.29 is 5.11 Å². The SMILES string of the molecule is CCCCCCc1cc(C(C)(C)CC(C)(C)C)cc(CCCCCC)c1[O]. The fraction of sp³-hybridized carbons (Fsp3) is 0.769. The van der Waals surface area contributed by atoms with Gasteiger partial charge in [-0.05, 0) is 48.5 Å². The zero-order valence-corrected chi connectivity index (χ0v) is 19.3. The number of hydrogen-bond donors (Lipinski definition) is 0. The molecule has 0 N–H and O–H groups in total. The van der Waals surface area contributed by atoms with Gasteiger partial charge in [0.2, 0.25) is 0 Å². The molecule has 0 fully saturated rings. The molecule has 155 valence electrons. The molecule has 0 saturated heterocycles. The Hall–Kier alpha value is -0.980. The van der Waals surface area contributed by atoms with E-state index in [0.29, 0.717) is 5.75 Å². The van der Waals surface area contributed by atoms with Crippen molar-refractivity contribution in [3.05, 3.63) is 28.8 Å². The maximum absolute atomic E-state index is 13.1. The lowest BCUT2D eigenvalue weighted by atomic mass is 9.71. The van der Waals surface area contributed by atoms with E-state index in [4.69, 9.17) is 0 Å². The molecular weight excluding hydrogens is 328 g/mol. The smallest absolute Gasteiger partial charge is 0.185 e. The maximum Gasteiger partial charge on any atom is 0.185 e. The van der Waals surface area contributed by atoms with Gasteiger partial charge in [0.15, 0.2) is 5.75 Å². The summed E-state index contributed by atoms with van der Waals surface area (Å²) in [6.45, 7) is 16.1. The van der Waals surface area contributed by atoms with E-state index in [9.17, 15) is 5.11 Å². The third-order valence-electron chi connectivity index (χ3n) is 5.60. The minimum absolute atomic E-state index is 0.0995. The predicted octanol–water partition coefficient (Wildman–Crippen LogP) is 8.79. The zero-order chi connectivity index (χ0) is 20.5. The van der Waals surface area contributed by atoms with Crippen LogP contribution in [0.4, 0.5) is 0 Å². The van der Waals surface area contributed by atoms with Crippen molar-refractivity contribution in [2.45, 2.75) is 125 Å². The number of hydrogen-bond acceptors (Lipinski definition) is 0. The summed E-state index contributed by atoms with van der Waals surface area (Å²) in [5.41, 5.74) is 3.88. The average Bonchev–Trinajstić information content (AvgIpc) is 2.55. The second-order valence-corrected chi connectivity index (χ2v) is 10.4. The molecule has 0 aliphatic heterocycles. The van der Waals surface area contributed by atoms with E-state index in [-0.39, 0.29) is 10.8 Å². The van der Waals surface area contributed by atoms with Gasteiger partial charge in [-0.15, -0.1) is 0 Å². The van der Waals surface area contributed by atoms with Crippen molar-refractivity contribution in [2.24, 2.45) is 5.41 Å².